The first kappa shape index (κ1) is 27.9. The number of anilines is 1. The molecule has 1 aromatic rings. The van der Waals surface area contributed by atoms with Crippen molar-refractivity contribution in [1.82, 2.24) is 20.4 Å². The smallest absolute Gasteiger partial charge is 0.318 e. The van der Waals surface area contributed by atoms with Crippen LogP contribution in [0.5, 0.6) is 0 Å². The molecular weight excluding hydrogens is 486 g/mol. The molecule has 0 radical (unpaired) electrons. The summed E-state index contributed by atoms with van der Waals surface area (Å²) in [6.45, 7) is 11.9. The highest BCUT2D eigenvalue weighted by atomic mass is 16.5. The third-order valence-corrected chi connectivity index (χ3v) is 7.44. The van der Waals surface area contributed by atoms with Crippen LogP contribution in [0.2, 0.25) is 0 Å². The van der Waals surface area contributed by atoms with Crippen molar-refractivity contribution in [3.8, 4) is 0 Å². The first-order chi connectivity index (χ1) is 18.2. The lowest BCUT2D eigenvalue weighted by Gasteiger charge is -2.29. The molecule has 4 amide bonds. The largest absolute Gasteiger partial charge is 0.378 e. The topological polar surface area (TPSA) is 111 Å². The molecule has 1 aromatic carbocycles. The molecule has 0 aromatic heterocycles. The number of benzene rings is 1. The van der Waals surface area contributed by atoms with Gasteiger partial charge in [-0.2, -0.15) is 0 Å². The van der Waals surface area contributed by atoms with Gasteiger partial charge in [0.15, 0.2) is 5.78 Å². The number of nitrogens with one attached hydrogen (secondary N) is 2. The average molecular weight is 528 g/mol. The maximum absolute atomic E-state index is 13.7. The SMILES string of the molecule is CC(C)CNC(=O)N1CC(=O)C2C1CCN2C(=O)C(CC(C)C)NC(=O)c1ccc(N2CCOCC2)cc1. The van der Waals surface area contributed by atoms with Gasteiger partial charge in [0.05, 0.1) is 25.8 Å². The van der Waals surface area contributed by atoms with Crippen molar-refractivity contribution in [2.75, 3.05) is 50.8 Å². The predicted octanol–water partition coefficient (Wildman–Crippen LogP) is 1.89. The number of carbonyl (C=O) groups is 4. The summed E-state index contributed by atoms with van der Waals surface area (Å²) in [6, 6.07) is 5.38. The van der Waals surface area contributed by atoms with Gasteiger partial charge in [0.25, 0.3) is 5.91 Å². The van der Waals surface area contributed by atoms with Gasteiger partial charge in [-0.05, 0) is 48.9 Å². The Labute approximate surface area is 225 Å². The lowest BCUT2D eigenvalue weighted by atomic mass is 10.0. The van der Waals surface area contributed by atoms with Crippen LogP contribution in [0.25, 0.3) is 0 Å². The van der Waals surface area contributed by atoms with Crippen LogP contribution in [0.4, 0.5) is 10.5 Å². The van der Waals surface area contributed by atoms with Crippen LogP contribution in [0.15, 0.2) is 24.3 Å². The number of nitrogens with zero attached hydrogens (tertiary/aromatic N) is 3. The Balaban J connectivity index is 1.43. The van der Waals surface area contributed by atoms with E-state index in [1.54, 1.807) is 21.9 Å². The van der Waals surface area contributed by atoms with Crippen molar-refractivity contribution in [3.05, 3.63) is 29.8 Å². The van der Waals surface area contributed by atoms with E-state index in [4.69, 9.17) is 4.74 Å². The van der Waals surface area contributed by atoms with Crippen LogP contribution >= 0.6 is 0 Å². The monoisotopic (exact) mass is 527 g/mol. The Morgan fingerprint density at radius 1 is 0.974 bits per heavy atom. The minimum absolute atomic E-state index is 0.000258. The molecule has 0 bridgehead atoms. The van der Waals surface area contributed by atoms with Crippen LogP contribution in [-0.2, 0) is 14.3 Å². The fourth-order valence-electron chi connectivity index (χ4n) is 5.51. The molecule has 0 spiro atoms. The molecule has 0 aliphatic carbocycles. The van der Waals surface area contributed by atoms with Crippen LogP contribution in [0.1, 0.15) is 50.9 Å². The second-order valence-electron chi connectivity index (χ2n) is 11.3. The van der Waals surface area contributed by atoms with Gasteiger partial charge in [0.2, 0.25) is 5.91 Å². The van der Waals surface area contributed by atoms with E-state index in [0.29, 0.717) is 50.6 Å². The number of rotatable bonds is 8. The molecule has 208 valence electrons. The molecule has 2 N–H and O–H groups in total. The van der Waals surface area contributed by atoms with Gasteiger partial charge in [-0.1, -0.05) is 27.7 Å². The molecule has 3 fully saturated rings. The number of carbonyl (C=O) groups excluding carboxylic acids is 4. The van der Waals surface area contributed by atoms with Gasteiger partial charge in [-0.3, -0.25) is 14.4 Å². The zero-order valence-electron chi connectivity index (χ0n) is 22.9. The summed E-state index contributed by atoms with van der Waals surface area (Å²) in [5.74, 6) is -0.258. The Morgan fingerprint density at radius 3 is 2.29 bits per heavy atom. The number of likely N-dealkylation sites (tertiary alicyclic amines) is 2. The minimum atomic E-state index is -0.753. The molecule has 10 heteroatoms. The molecule has 3 aliphatic rings. The van der Waals surface area contributed by atoms with Crippen molar-refractivity contribution in [3.63, 3.8) is 0 Å². The Kier molecular flexibility index (Phi) is 8.91. The van der Waals surface area contributed by atoms with Crippen LogP contribution in [0.3, 0.4) is 0 Å². The third-order valence-electron chi connectivity index (χ3n) is 7.44. The Bertz CT molecular complexity index is 1020. The summed E-state index contributed by atoms with van der Waals surface area (Å²) in [5.41, 5.74) is 1.51. The standard InChI is InChI=1S/C28H41N5O5/c1-18(2)15-22(30-26(35)20-5-7-21(8-6-20)31-11-13-38-14-12-31)27(36)32-10-9-23-25(32)24(34)17-33(23)28(37)29-16-19(3)4/h5-8,18-19,22-23,25H,9-17H2,1-4H3,(H,29,37)(H,30,35). The number of hydrogen-bond acceptors (Lipinski definition) is 6. The third kappa shape index (κ3) is 6.28. The minimum Gasteiger partial charge on any atom is -0.378 e. The Morgan fingerprint density at radius 2 is 1.66 bits per heavy atom. The second kappa shape index (κ2) is 12.1. The molecule has 4 rings (SSSR count). The van der Waals surface area contributed by atoms with Gasteiger partial charge in [-0.15, -0.1) is 0 Å². The highest BCUT2D eigenvalue weighted by molar-refractivity contribution is 6.00. The normalized spacial score (nSPS) is 22.2. The quantitative estimate of drug-likeness (QED) is 0.534. The van der Waals surface area contributed by atoms with E-state index >= 15 is 0 Å². The number of hydrogen-bond donors (Lipinski definition) is 2. The lowest BCUT2D eigenvalue weighted by molar-refractivity contribution is -0.138. The molecule has 3 atom stereocenters. The van der Waals surface area contributed by atoms with E-state index in [1.807, 2.05) is 39.8 Å². The maximum Gasteiger partial charge on any atom is 0.318 e. The fraction of sp³-hybridized carbons (Fsp3) is 0.643. The number of fused-ring (bicyclic) bond motifs is 1. The second-order valence-corrected chi connectivity index (χ2v) is 11.3. The maximum atomic E-state index is 13.7. The van der Waals surface area contributed by atoms with Crippen molar-refractivity contribution in [1.29, 1.82) is 0 Å². The average Bonchev–Trinajstić information content (AvgIpc) is 3.48. The summed E-state index contributed by atoms with van der Waals surface area (Å²) in [5, 5.41) is 5.82. The number of ketones is 1. The lowest BCUT2D eigenvalue weighted by Crippen LogP contribution is -2.53. The number of urea groups is 1. The van der Waals surface area contributed by atoms with Crippen molar-refractivity contribution in [2.24, 2.45) is 11.8 Å². The van der Waals surface area contributed by atoms with E-state index < -0.39 is 12.1 Å². The molecule has 3 aliphatic heterocycles. The van der Waals surface area contributed by atoms with Gasteiger partial charge < -0.3 is 30.1 Å². The molecule has 3 saturated heterocycles. The summed E-state index contributed by atoms with van der Waals surface area (Å²) in [7, 11) is 0. The Hall–Kier alpha value is -3.14. The summed E-state index contributed by atoms with van der Waals surface area (Å²) in [6.07, 6.45) is 1.000. The van der Waals surface area contributed by atoms with Gasteiger partial charge in [0.1, 0.15) is 12.1 Å². The van der Waals surface area contributed by atoms with Gasteiger partial charge in [-0.25, -0.2) is 4.79 Å². The number of amides is 4. The first-order valence-corrected chi connectivity index (χ1v) is 13.8. The van der Waals surface area contributed by atoms with Crippen LogP contribution in [-0.4, -0.2) is 97.5 Å². The van der Waals surface area contributed by atoms with E-state index in [2.05, 4.69) is 15.5 Å². The van der Waals surface area contributed by atoms with E-state index in [9.17, 15) is 19.2 Å². The number of Topliss-reactive ketones (excluding diaryl/α,β-unsaturated/α-hetero) is 1. The van der Waals surface area contributed by atoms with E-state index in [0.717, 1.165) is 18.8 Å². The van der Waals surface area contributed by atoms with Gasteiger partial charge >= 0.3 is 6.03 Å². The molecule has 38 heavy (non-hydrogen) atoms. The van der Waals surface area contributed by atoms with Crippen molar-refractivity contribution >= 4 is 29.3 Å². The summed E-state index contributed by atoms with van der Waals surface area (Å²) >= 11 is 0. The van der Waals surface area contributed by atoms with Crippen LogP contribution < -0.4 is 15.5 Å². The molecule has 0 saturated carbocycles. The molecular formula is C28H41N5O5. The summed E-state index contributed by atoms with van der Waals surface area (Å²) < 4.78 is 5.41. The highest BCUT2D eigenvalue weighted by Gasteiger charge is 2.52. The highest BCUT2D eigenvalue weighted by Crippen LogP contribution is 2.31. The number of morpholine rings is 1. The number of ether oxygens (including phenoxy) is 1. The molecule has 10 nitrogen and oxygen atoms in total. The summed E-state index contributed by atoms with van der Waals surface area (Å²) in [4.78, 5) is 57.9. The first-order valence-electron chi connectivity index (χ1n) is 13.8. The van der Waals surface area contributed by atoms with Gasteiger partial charge in [0, 0.05) is 37.4 Å². The zero-order chi connectivity index (χ0) is 27.4. The zero-order valence-corrected chi connectivity index (χ0v) is 22.9. The van der Waals surface area contributed by atoms with Crippen molar-refractivity contribution in [2.45, 2.75) is 58.7 Å². The molecule has 3 heterocycles. The fourth-order valence-corrected chi connectivity index (χ4v) is 5.51. The van der Waals surface area contributed by atoms with E-state index in [-0.39, 0.29) is 42.1 Å². The van der Waals surface area contributed by atoms with Crippen molar-refractivity contribution < 1.29 is 23.9 Å². The molecule has 3 unspecified atom stereocenters. The predicted molar refractivity (Wildman–Crippen MR) is 144 cm³/mol. The van der Waals surface area contributed by atoms with Crippen LogP contribution in [0, 0.1) is 11.8 Å². The van der Waals surface area contributed by atoms with E-state index in [1.165, 1.54) is 0 Å².